The maximum atomic E-state index is 12.7. The Morgan fingerprint density at radius 1 is 1.21 bits per heavy atom. The van der Waals surface area contributed by atoms with E-state index in [1.807, 2.05) is 18.3 Å². The first-order valence-electron chi connectivity index (χ1n) is 9.43. The number of hydrogen-bond acceptors (Lipinski definition) is 4. The molecule has 148 valence electrons. The van der Waals surface area contributed by atoms with Crippen molar-refractivity contribution >= 4 is 26.6 Å². The molecule has 1 aliphatic rings. The van der Waals surface area contributed by atoms with Crippen molar-refractivity contribution in [2.24, 2.45) is 0 Å². The summed E-state index contributed by atoms with van der Waals surface area (Å²) in [6.45, 7) is 1.14. The van der Waals surface area contributed by atoms with Crippen LogP contribution in [0, 0.1) is 0 Å². The van der Waals surface area contributed by atoms with Crippen molar-refractivity contribution in [3.8, 4) is 5.75 Å². The van der Waals surface area contributed by atoms with Crippen LogP contribution in [0.25, 0.3) is 10.9 Å². The number of rotatable bonds is 6. The van der Waals surface area contributed by atoms with E-state index in [9.17, 15) is 8.42 Å². The minimum Gasteiger partial charge on any atom is -0.497 e. The molecular weight excluding hydrogens is 374 g/mol. The number of nitrogens with zero attached hydrogens (tertiary/aromatic N) is 1. The molecule has 0 bridgehead atoms. The van der Waals surface area contributed by atoms with E-state index in [2.05, 4.69) is 21.7 Å². The van der Waals surface area contributed by atoms with Gasteiger partial charge in [-0.05, 0) is 80.9 Å². The molecule has 0 spiro atoms. The lowest BCUT2D eigenvalue weighted by molar-refractivity contribution is 0.310. The summed E-state index contributed by atoms with van der Waals surface area (Å²) >= 11 is 0. The fourth-order valence-corrected chi connectivity index (χ4v) is 4.92. The maximum absolute atomic E-state index is 12.7. The Labute approximate surface area is 165 Å². The molecule has 0 aliphatic carbocycles. The Morgan fingerprint density at radius 2 is 2.00 bits per heavy atom. The summed E-state index contributed by atoms with van der Waals surface area (Å²) in [5, 5.41) is 1.07. The van der Waals surface area contributed by atoms with Crippen LogP contribution in [-0.4, -0.2) is 45.0 Å². The zero-order valence-electron chi connectivity index (χ0n) is 16.1. The smallest absolute Gasteiger partial charge is 0.261 e. The Bertz CT molecular complexity index is 1070. The first-order valence-corrected chi connectivity index (χ1v) is 10.9. The summed E-state index contributed by atoms with van der Waals surface area (Å²) in [5.74, 6) is 0.620. The lowest BCUT2D eigenvalue weighted by Gasteiger charge is -2.18. The van der Waals surface area contributed by atoms with Gasteiger partial charge in [0.05, 0.1) is 12.0 Å². The van der Waals surface area contributed by atoms with Gasteiger partial charge in [0, 0.05) is 28.8 Å². The molecule has 6 nitrogen and oxygen atoms in total. The summed E-state index contributed by atoms with van der Waals surface area (Å²) in [6.07, 6.45) is 5.44. The average molecular weight is 400 g/mol. The van der Waals surface area contributed by atoms with Crippen molar-refractivity contribution < 1.29 is 13.2 Å². The largest absolute Gasteiger partial charge is 0.497 e. The van der Waals surface area contributed by atoms with Gasteiger partial charge in [0.25, 0.3) is 10.0 Å². The molecule has 0 radical (unpaired) electrons. The molecule has 3 aromatic rings. The van der Waals surface area contributed by atoms with E-state index in [1.165, 1.54) is 30.5 Å². The molecule has 0 saturated carbocycles. The standard InChI is InChI=1S/C21H25N3O3S/c1-24-11-3-4-17(24)12-15-14-22-21-10-5-16(13-20(15)21)23-28(25,26)19-8-6-18(27-2)7-9-19/h5-10,13-14,17,22-23H,3-4,11-12H2,1-2H3/t17-/m1/s1. The van der Waals surface area contributed by atoms with Crippen LogP contribution in [0.2, 0.25) is 0 Å². The van der Waals surface area contributed by atoms with Gasteiger partial charge < -0.3 is 14.6 Å². The molecule has 1 atom stereocenters. The summed E-state index contributed by atoms with van der Waals surface area (Å²) in [5.41, 5.74) is 2.80. The second kappa shape index (κ2) is 7.48. The van der Waals surface area contributed by atoms with Gasteiger partial charge in [-0.2, -0.15) is 0 Å². The van der Waals surface area contributed by atoms with E-state index < -0.39 is 10.0 Å². The highest BCUT2D eigenvalue weighted by Crippen LogP contribution is 2.28. The average Bonchev–Trinajstić information content (AvgIpc) is 3.28. The SMILES string of the molecule is COc1ccc(S(=O)(=O)Nc2ccc3[nH]cc(C[C@H]4CCCN4C)c3c2)cc1. The summed E-state index contributed by atoms with van der Waals surface area (Å²) < 4.78 is 33.2. The highest BCUT2D eigenvalue weighted by Gasteiger charge is 2.22. The van der Waals surface area contributed by atoms with Gasteiger partial charge in [-0.25, -0.2) is 8.42 Å². The predicted molar refractivity (Wildman–Crippen MR) is 111 cm³/mol. The van der Waals surface area contributed by atoms with Crippen LogP contribution in [0.3, 0.4) is 0 Å². The number of anilines is 1. The number of H-pyrrole nitrogens is 1. The molecule has 28 heavy (non-hydrogen) atoms. The first-order chi connectivity index (χ1) is 13.5. The number of aromatic nitrogens is 1. The molecule has 1 fully saturated rings. The number of hydrogen-bond donors (Lipinski definition) is 2. The van der Waals surface area contributed by atoms with Crippen molar-refractivity contribution in [1.29, 1.82) is 0 Å². The van der Waals surface area contributed by atoms with Crippen LogP contribution in [0.15, 0.2) is 53.6 Å². The maximum Gasteiger partial charge on any atom is 0.261 e. The Morgan fingerprint density at radius 3 is 2.68 bits per heavy atom. The van der Waals surface area contributed by atoms with Crippen LogP contribution in [-0.2, 0) is 16.4 Å². The lowest BCUT2D eigenvalue weighted by atomic mass is 10.0. The zero-order chi connectivity index (χ0) is 19.7. The third kappa shape index (κ3) is 3.72. The fourth-order valence-electron chi connectivity index (χ4n) is 3.87. The Hall–Kier alpha value is -2.51. The third-order valence-corrected chi connectivity index (χ3v) is 6.91. The van der Waals surface area contributed by atoms with Gasteiger partial charge in [0.2, 0.25) is 0 Å². The minimum atomic E-state index is -3.66. The normalized spacial score (nSPS) is 17.9. The van der Waals surface area contributed by atoms with Crippen LogP contribution in [0.1, 0.15) is 18.4 Å². The summed E-state index contributed by atoms with van der Waals surface area (Å²) in [7, 11) is 0.0599. The van der Waals surface area contributed by atoms with Crippen LogP contribution >= 0.6 is 0 Å². The molecular formula is C21H25N3O3S. The first kappa shape index (κ1) is 18.8. The van der Waals surface area contributed by atoms with Crippen molar-refractivity contribution in [2.45, 2.75) is 30.2 Å². The molecule has 2 aromatic carbocycles. The van der Waals surface area contributed by atoms with Crippen molar-refractivity contribution in [1.82, 2.24) is 9.88 Å². The van der Waals surface area contributed by atoms with Gasteiger partial charge in [0.15, 0.2) is 0 Å². The molecule has 1 aliphatic heterocycles. The van der Waals surface area contributed by atoms with Gasteiger partial charge in [-0.1, -0.05) is 0 Å². The third-order valence-electron chi connectivity index (χ3n) is 5.52. The monoisotopic (exact) mass is 399 g/mol. The van der Waals surface area contributed by atoms with E-state index in [0.717, 1.165) is 23.9 Å². The van der Waals surface area contributed by atoms with Crippen LogP contribution in [0.4, 0.5) is 5.69 Å². The number of aromatic amines is 1. The summed E-state index contributed by atoms with van der Waals surface area (Å²) in [4.78, 5) is 5.90. The molecule has 0 amide bonds. The molecule has 1 aromatic heterocycles. The van der Waals surface area contributed by atoms with Crippen molar-refractivity contribution in [3.05, 3.63) is 54.2 Å². The highest BCUT2D eigenvalue weighted by atomic mass is 32.2. The molecule has 2 heterocycles. The molecule has 4 rings (SSSR count). The zero-order valence-corrected chi connectivity index (χ0v) is 16.9. The number of ether oxygens (including phenoxy) is 1. The minimum absolute atomic E-state index is 0.204. The van der Waals surface area contributed by atoms with Gasteiger partial charge in [0.1, 0.15) is 5.75 Å². The molecule has 1 saturated heterocycles. The Balaban J connectivity index is 1.59. The van der Waals surface area contributed by atoms with E-state index in [4.69, 9.17) is 4.74 Å². The van der Waals surface area contributed by atoms with Gasteiger partial charge in [-0.3, -0.25) is 4.72 Å². The molecule has 0 unspecified atom stereocenters. The van der Waals surface area contributed by atoms with Crippen molar-refractivity contribution in [2.75, 3.05) is 25.4 Å². The van der Waals surface area contributed by atoms with Crippen LogP contribution in [0.5, 0.6) is 5.75 Å². The summed E-state index contributed by atoms with van der Waals surface area (Å²) in [6, 6.07) is 12.5. The van der Waals surface area contributed by atoms with E-state index in [-0.39, 0.29) is 4.90 Å². The fraction of sp³-hybridized carbons (Fsp3) is 0.333. The Kier molecular flexibility index (Phi) is 5.03. The second-order valence-corrected chi connectivity index (χ2v) is 9.02. The van der Waals surface area contributed by atoms with Crippen LogP contribution < -0.4 is 9.46 Å². The lowest BCUT2D eigenvalue weighted by Crippen LogP contribution is -2.26. The number of likely N-dealkylation sites (tertiary alicyclic amines) is 1. The number of fused-ring (bicyclic) bond motifs is 1. The van der Waals surface area contributed by atoms with Crippen molar-refractivity contribution in [3.63, 3.8) is 0 Å². The van der Waals surface area contributed by atoms with Gasteiger partial charge in [-0.15, -0.1) is 0 Å². The topological polar surface area (TPSA) is 74.4 Å². The number of likely N-dealkylation sites (N-methyl/N-ethyl adjacent to an activating group) is 1. The number of methoxy groups -OCH3 is 1. The highest BCUT2D eigenvalue weighted by molar-refractivity contribution is 7.92. The number of benzene rings is 2. The van der Waals surface area contributed by atoms with E-state index >= 15 is 0 Å². The molecule has 2 N–H and O–H groups in total. The molecule has 7 heteroatoms. The van der Waals surface area contributed by atoms with E-state index in [1.54, 1.807) is 25.3 Å². The number of nitrogens with one attached hydrogen (secondary N) is 2. The van der Waals surface area contributed by atoms with Gasteiger partial charge >= 0.3 is 0 Å². The predicted octanol–water partition coefficient (Wildman–Crippen LogP) is 3.61. The van der Waals surface area contributed by atoms with E-state index in [0.29, 0.717) is 17.5 Å². The second-order valence-electron chi connectivity index (χ2n) is 7.34. The quantitative estimate of drug-likeness (QED) is 0.664. The number of sulfonamides is 1.